The molecule has 2 aliphatic heterocycles. The Hall–Kier alpha value is -3.32. The number of alkyl halides is 3. The van der Waals surface area contributed by atoms with Gasteiger partial charge in [0.1, 0.15) is 28.5 Å². The average Bonchev–Trinajstić information content (AvgIpc) is 3.89. The molecule has 0 atom stereocenters. The third kappa shape index (κ3) is 7.99. The first-order valence-corrected chi connectivity index (χ1v) is 15.0. The number of ether oxygens (including phenoxy) is 2. The number of hydrogen-bond acceptors (Lipinski definition) is 6. The fraction of sp³-hybridized carbons (Fsp3) is 0.500. The van der Waals surface area contributed by atoms with Gasteiger partial charge in [-0.3, -0.25) is 4.79 Å². The van der Waals surface area contributed by atoms with Crippen molar-refractivity contribution in [3.63, 3.8) is 0 Å². The van der Waals surface area contributed by atoms with Crippen molar-refractivity contribution >= 4 is 39.5 Å². The summed E-state index contributed by atoms with van der Waals surface area (Å²) in [5.41, 5.74) is 2.27. The van der Waals surface area contributed by atoms with Crippen molar-refractivity contribution in [2.45, 2.75) is 69.9 Å². The third-order valence-electron chi connectivity index (χ3n) is 8.15. The lowest BCUT2D eigenvalue weighted by atomic mass is 9.77. The third-order valence-corrected chi connectivity index (χ3v) is 8.93. The molecule has 43 heavy (non-hydrogen) atoms. The van der Waals surface area contributed by atoms with Crippen LogP contribution in [0.3, 0.4) is 0 Å². The number of amides is 1. The van der Waals surface area contributed by atoms with Crippen LogP contribution in [0.15, 0.2) is 40.9 Å². The molecule has 1 spiro atoms. The summed E-state index contributed by atoms with van der Waals surface area (Å²) in [6.45, 7) is 3.67. The summed E-state index contributed by atoms with van der Waals surface area (Å²) in [5, 5.41) is 17.9. The van der Waals surface area contributed by atoms with Gasteiger partial charge < -0.3 is 34.3 Å². The Morgan fingerprint density at radius 3 is 1.98 bits per heavy atom. The minimum Gasteiger partial charge on any atom is -0.542 e. The Morgan fingerprint density at radius 1 is 1.02 bits per heavy atom. The van der Waals surface area contributed by atoms with E-state index < -0.39 is 18.1 Å². The zero-order valence-corrected chi connectivity index (χ0v) is 24.8. The molecule has 0 radical (unpaired) electrons. The largest absolute Gasteiger partial charge is 0.542 e. The number of carboxylic acids is 2. The van der Waals surface area contributed by atoms with Crippen LogP contribution >= 0.6 is 15.9 Å². The second-order valence-corrected chi connectivity index (χ2v) is 12.6. The Labute approximate surface area is 254 Å². The van der Waals surface area contributed by atoms with Crippen LogP contribution in [0.25, 0.3) is 0 Å². The Kier molecular flexibility index (Phi) is 8.94. The molecule has 2 aromatic rings. The fourth-order valence-corrected chi connectivity index (χ4v) is 5.90. The van der Waals surface area contributed by atoms with E-state index >= 15 is 0 Å². The van der Waals surface area contributed by atoms with E-state index in [9.17, 15) is 22.8 Å². The predicted octanol–water partition coefficient (Wildman–Crippen LogP) is 3.13. The molecule has 9 nitrogen and oxygen atoms in total. The summed E-state index contributed by atoms with van der Waals surface area (Å²) in [6, 6.07) is 11.0. The number of nitrogens with zero attached hydrogens (tertiary/aromatic N) is 1. The summed E-state index contributed by atoms with van der Waals surface area (Å²) in [7, 11) is 0. The Balaban J connectivity index is 0.000000472. The number of quaternary nitrogens is 1. The van der Waals surface area contributed by atoms with Crippen molar-refractivity contribution in [1.29, 1.82) is 0 Å². The van der Waals surface area contributed by atoms with Crippen LogP contribution in [0.4, 0.5) is 18.9 Å². The zero-order chi connectivity index (χ0) is 30.9. The fourth-order valence-electron chi connectivity index (χ4n) is 5.48. The van der Waals surface area contributed by atoms with Crippen LogP contribution in [0.2, 0.25) is 0 Å². The van der Waals surface area contributed by atoms with E-state index in [1.807, 2.05) is 4.90 Å². The van der Waals surface area contributed by atoms with Gasteiger partial charge in [0.25, 0.3) is 0 Å². The van der Waals surface area contributed by atoms with Crippen molar-refractivity contribution in [3.8, 4) is 11.5 Å². The monoisotopic (exact) mass is 668 g/mol. The number of nitrogens with one attached hydrogen (secondary N) is 1. The molecular weight excluding hydrogens is 637 g/mol. The molecule has 4 fully saturated rings. The molecule has 0 bridgehead atoms. The molecule has 0 unspecified atom stereocenters. The molecule has 2 aromatic carbocycles. The van der Waals surface area contributed by atoms with Crippen LogP contribution < -0.4 is 24.4 Å². The van der Waals surface area contributed by atoms with E-state index in [1.54, 1.807) is 24.3 Å². The first-order valence-electron chi connectivity index (χ1n) is 14.2. The first-order chi connectivity index (χ1) is 20.3. The van der Waals surface area contributed by atoms with Crippen molar-refractivity contribution in [2.75, 3.05) is 24.5 Å². The standard InChI is InChI=1S/C28H31BrN2O5.C2HF3O2/c29-26-23(35-21-5-6-21)13-18(14-24(26)36-22-7-8-22)16-30-11-9-28(10-12-30)15-25(32)31(17-28)20-3-1-19(2-4-20)27(33)34;3-2(4,5)1(6)7/h1-4,13-14,21-22H,5-12,15-17H2,(H,33,34);(H,6,7). The molecule has 6 rings (SSSR count). The van der Waals surface area contributed by atoms with Gasteiger partial charge in [0.05, 0.1) is 30.9 Å². The van der Waals surface area contributed by atoms with Gasteiger partial charge in [-0.25, -0.2) is 4.79 Å². The molecule has 2 aliphatic carbocycles. The van der Waals surface area contributed by atoms with Gasteiger partial charge in [-0.1, -0.05) is 0 Å². The highest BCUT2D eigenvalue weighted by Gasteiger charge is 2.46. The van der Waals surface area contributed by atoms with Gasteiger partial charge in [-0.15, -0.1) is 0 Å². The lowest BCUT2D eigenvalue weighted by molar-refractivity contribution is -0.921. The van der Waals surface area contributed by atoms with E-state index in [4.69, 9.17) is 24.5 Å². The molecule has 13 heteroatoms. The Morgan fingerprint density at radius 2 is 1.53 bits per heavy atom. The number of aromatic carboxylic acids is 1. The number of halogens is 4. The maximum Gasteiger partial charge on any atom is 0.430 e. The molecular formula is C30H32BrF3N2O7. The van der Waals surface area contributed by atoms with E-state index in [-0.39, 0.29) is 16.9 Å². The van der Waals surface area contributed by atoms with Crippen LogP contribution in [0.5, 0.6) is 11.5 Å². The first kappa shape index (κ1) is 31.1. The average molecular weight is 669 g/mol. The SMILES string of the molecule is O=C(O)c1ccc(N2CC3(CC[NH+](Cc4cc(OC5CC5)c(Br)c(OC5CC5)c4)CC3)CC2=O)cc1.O=C([O-])C(F)(F)F. The van der Waals surface area contributed by atoms with Crippen LogP contribution in [0, 0.1) is 5.41 Å². The summed E-state index contributed by atoms with van der Waals surface area (Å²) >= 11 is 3.71. The molecule has 0 aromatic heterocycles. The summed E-state index contributed by atoms with van der Waals surface area (Å²) < 4.78 is 44.8. The molecule has 2 N–H and O–H groups in total. The van der Waals surface area contributed by atoms with Crippen molar-refractivity contribution < 1.29 is 52.1 Å². The number of carbonyl (C=O) groups is 3. The Bertz CT molecular complexity index is 1330. The number of carbonyl (C=O) groups excluding carboxylic acids is 2. The summed E-state index contributed by atoms with van der Waals surface area (Å²) in [4.78, 5) is 36.2. The van der Waals surface area contributed by atoms with Gasteiger partial charge in [0, 0.05) is 42.5 Å². The highest BCUT2D eigenvalue weighted by atomic mass is 79.9. The number of benzene rings is 2. The van der Waals surface area contributed by atoms with Gasteiger partial charge >= 0.3 is 12.1 Å². The van der Waals surface area contributed by atoms with Crippen molar-refractivity contribution in [1.82, 2.24) is 0 Å². The van der Waals surface area contributed by atoms with Gasteiger partial charge in [0.2, 0.25) is 5.91 Å². The number of piperidine rings is 1. The summed E-state index contributed by atoms with van der Waals surface area (Å²) in [6.07, 6.45) is 2.52. The maximum atomic E-state index is 12.9. The normalized spacial score (nSPS) is 23.5. The lowest BCUT2D eigenvalue weighted by Gasteiger charge is -2.36. The number of hydrogen-bond donors (Lipinski definition) is 2. The number of aliphatic carboxylic acids is 1. The zero-order valence-electron chi connectivity index (χ0n) is 23.3. The second kappa shape index (κ2) is 12.4. The molecule has 2 saturated carbocycles. The van der Waals surface area contributed by atoms with E-state index in [1.165, 1.54) is 10.5 Å². The smallest absolute Gasteiger partial charge is 0.430 e. The maximum absolute atomic E-state index is 12.9. The van der Waals surface area contributed by atoms with Gasteiger partial charge in [0.15, 0.2) is 0 Å². The minimum atomic E-state index is -5.19. The minimum absolute atomic E-state index is 0.00621. The topological polar surface area (TPSA) is 121 Å². The predicted molar refractivity (Wildman–Crippen MR) is 149 cm³/mol. The van der Waals surface area contributed by atoms with E-state index in [0.717, 1.165) is 79.8 Å². The number of anilines is 1. The molecule has 232 valence electrons. The van der Waals surface area contributed by atoms with E-state index in [2.05, 4.69) is 28.1 Å². The molecule has 2 saturated heterocycles. The van der Waals surface area contributed by atoms with Crippen LogP contribution in [-0.2, 0) is 16.1 Å². The molecule has 2 heterocycles. The number of likely N-dealkylation sites (tertiary alicyclic amines) is 1. The molecule has 1 amide bonds. The van der Waals surface area contributed by atoms with Crippen LogP contribution in [-0.4, -0.2) is 61.0 Å². The number of carboxylic acid groups (broad SMARTS) is 2. The summed E-state index contributed by atoms with van der Waals surface area (Å²) in [5.74, 6) is -2.04. The molecule has 4 aliphatic rings. The van der Waals surface area contributed by atoms with Crippen molar-refractivity contribution in [3.05, 3.63) is 52.0 Å². The lowest BCUT2D eigenvalue weighted by Crippen LogP contribution is -3.12. The second-order valence-electron chi connectivity index (χ2n) is 11.8. The van der Waals surface area contributed by atoms with Crippen molar-refractivity contribution in [2.24, 2.45) is 5.41 Å². The highest BCUT2D eigenvalue weighted by molar-refractivity contribution is 9.10. The van der Waals surface area contributed by atoms with Gasteiger partial charge in [-0.05, 0) is 78.0 Å². The van der Waals surface area contributed by atoms with Crippen LogP contribution in [0.1, 0.15) is 60.9 Å². The van der Waals surface area contributed by atoms with E-state index in [0.29, 0.717) is 25.2 Å². The highest BCUT2D eigenvalue weighted by Crippen LogP contribution is 2.42. The quantitative estimate of drug-likeness (QED) is 0.444. The van der Waals surface area contributed by atoms with Gasteiger partial charge in [-0.2, -0.15) is 13.2 Å². The number of rotatable bonds is 8.